The van der Waals surface area contributed by atoms with Gasteiger partial charge in [0, 0.05) is 39.1 Å². The molecule has 2 aliphatic carbocycles. The minimum atomic E-state index is 0.269. The fourth-order valence-corrected chi connectivity index (χ4v) is 4.61. The van der Waals surface area contributed by atoms with Crippen molar-refractivity contribution < 1.29 is 9.53 Å². The van der Waals surface area contributed by atoms with Crippen LogP contribution in [0.5, 0.6) is 0 Å². The first-order valence-electron chi connectivity index (χ1n) is 9.21. The number of hydrogen-bond acceptors (Lipinski definition) is 4. The Morgan fingerprint density at radius 2 is 2.04 bits per heavy atom. The molecule has 0 aromatic heterocycles. The van der Waals surface area contributed by atoms with Gasteiger partial charge in [0.25, 0.3) is 0 Å². The zero-order valence-electron chi connectivity index (χ0n) is 14.1. The quantitative estimate of drug-likeness (QED) is 0.719. The molecule has 5 nitrogen and oxygen atoms in total. The molecular formula is C18H29N3O2. The van der Waals surface area contributed by atoms with E-state index in [4.69, 9.17) is 10.00 Å². The van der Waals surface area contributed by atoms with Crippen LogP contribution in [0.1, 0.15) is 38.5 Å². The third kappa shape index (κ3) is 4.45. The van der Waals surface area contributed by atoms with Crippen molar-refractivity contribution in [3.05, 3.63) is 0 Å². The van der Waals surface area contributed by atoms with Crippen LogP contribution in [0.15, 0.2) is 0 Å². The standard InChI is InChI=1S/C18H29N3O2/c19-4-1-5-21(7-6-20-8-10-23-11-9-20)18(22)14-17-13-15-2-3-16(17)12-15/h15-17H,1-3,5-14H2. The molecule has 2 bridgehead atoms. The normalized spacial score (nSPS) is 30.3. The molecule has 1 saturated heterocycles. The van der Waals surface area contributed by atoms with Crippen LogP contribution in [0.3, 0.4) is 0 Å². The highest BCUT2D eigenvalue weighted by molar-refractivity contribution is 5.76. The first-order valence-corrected chi connectivity index (χ1v) is 9.21. The molecule has 3 unspecified atom stereocenters. The minimum absolute atomic E-state index is 0.269. The lowest BCUT2D eigenvalue weighted by Crippen LogP contribution is -2.43. The number of nitrogens with zero attached hydrogens (tertiary/aromatic N) is 3. The Balaban J connectivity index is 1.48. The summed E-state index contributed by atoms with van der Waals surface area (Å²) in [6, 6.07) is 2.18. The fourth-order valence-electron chi connectivity index (χ4n) is 4.61. The predicted molar refractivity (Wildman–Crippen MR) is 87.6 cm³/mol. The van der Waals surface area contributed by atoms with E-state index < -0.39 is 0 Å². The molecule has 3 atom stereocenters. The molecule has 3 fully saturated rings. The molecule has 0 N–H and O–H groups in total. The minimum Gasteiger partial charge on any atom is -0.379 e. The summed E-state index contributed by atoms with van der Waals surface area (Å²) in [6.07, 6.45) is 6.45. The molecule has 0 spiro atoms. The summed E-state index contributed by atoms with van der Waals surface area (Å²) in [5, 5.41) is 8.87. The van der Waals surface area contributed by atoms with E-state index in [1.807, 2.05) is 4.90 Å². The number of amides is 1. The Hall–Kier alpha value is -1.12. The van der Waals surface area contributed by atoms with Gasteiger partial charge in [0.05, 0.1) is 25.7 Å². The highest BCUT2D eigenvalue weighted by atomic mass is 16.5. The molecule has 1 aliphatic heterocycles. The van der Waals surface area contributed by atoms with Crippen molar-refractivity contribution in [1.82, 2.24) is 9.80 Å². The van der Waals surface area contributed by atoms with E-state index in [1.165, 1.54) is 25.7 Å². The lowest BCUT2D eigenvalue weighted by atomic mass is 9.86. The SMILES string of the molecule is N#CCCN(CCN1CCOCC1)C(=O)CC1CC2CCC1C2. The maximum atomic E-state index is 12.7. The number of nitriles is 1. The number of carbonyl (C=O) groups excluding carboxylic acids is 1. The first-order chi connectivity index (χ1) is 11.3. The molecule has 3 rings (SSSR count). The molecule has 3 aliphatic rings. The van der Waals surface area contributed by atoms with E-state index >= 15 is 0 Å². The maximum Gasteiger partial charge on any atom is 0.222 e. The molecular weight excluding hydrogens is 290 g/mol. The molecule has 2 saturated carbocycles. The molecule has 0 aromatic rings. The average Bonchev–Trinajstić information content (AvgIpc) is 3.18. The van der Waals surface area contributed by atoms with E-state index in [9.17, 15) is 4.79 Å². The van der Waals surface area contributed by atoms with Crippen molar-refractivity contribution in [3.8, 4) is 6.07 Å². The number of ether oxygens (including phenoxy) is 1. The van der Waals surface area contributed by atoms with Crippen LogP contribution in [-0.4, -0.2) is 61.6 Å². The van der Waals surface area contributed by atoms with Crippen LogP contribution in [0.2, 0.25) is 0 Å². The third-order valence-electron chi connectivity index (χ3n) is 5.96. The van der Waals surface area contributed by atoms with Gasteiger partial charge in [-0.25, -0.2) is 0 Å². The smallest absolute Gasteiger partial charge is 0.222 e. The van der Waals surface area contributed by atoms with Crippen molar-refractivity contribution in [2.24, 2.45) is 17.8 Å². The maximum absolute atomic E-state index is 12.7. The number of fused-ring (bicyclic) bond motifs is 2. The number of carbonyl (C=O) groups is 1. The van der Waals surface area contributed by atoms with Gasteiger partial charge >= 0.3 is 0 Å². The zero-order valence-corrected chi connectivity index (χ0v) is 14.1. The molecule has 23 heavy (non-hydrogen) atoms. The summed E-state index contributed by atoms with van der Waals surface area (Å²) in [5.41, 5.74) is 0. The van der Waals surface area contributed by atoms with E-state index in [-0.39, 0.29) is 5.91 Å². The second kappa shape index (κ2) is 8.12. The van der Waals surface area contributed by atoms with Crippen molar-refractivity contribution in [2.45, 2.75) is 38.5 Å². The van der Waals surface area contributed by atoms with Crippen molar-refractivity contribution in [3.63, 3.8) is 0 Å². The molecule has 5 heteroatoms. The van der Waals surface area contributed by atoms with Crippen LogP contribution in [0, 0.1) is 29.1 Å². The van der Waals surface area contributed by atoms with Crippen LogP contribution < -0.4 is 0 Å². The third-order valence-corrected chi connectivity index (χ3v) is 5.96. The van der Waals surface area contributed by atoms with Gasteiger partial charge in [0.2, 0.25) is 5.91 Å². The Morgan fingerprint density at radius 3 is 2.70 bits per heavy atom. The van der Waals surface area contributed by atoms with Gasteiger partial charge in [-0.15, -0.1) is 0 Å². The first kappa shape index (κ1) is 16.7. The number of morpholine rings is 1. The van der Waals surface area contributed by atoms with Crippen molar-refractivity contribution in [2.75, 3.05) is 45.9 Å². The largest absolute Gasteiger partial charge is 0.379 e. The van der Waals surface area contributed by atoms with Crippen molar-refractivity contribution >= 4 is 5.91 Å². The van der Waals surface area contributed by atoms with Gasteiger partial charge in [0.15, 0.2) is 0 Å². The molecule has 0 radical (unpaired) electrons. The summed E-state index contributed by atoms with van der Waals surface area (Å²) in [4.78, 5) is 17.0. The second-order valence-electron chi connectivity index (χ2n) is 7.38. The zero-order chi connectivity index (χ0) is 16.1. The monoisotopic (exact) mass is 319 g/mol. The Morgan fingerprint density at radius 1 is 1.22 bits per heavy atom. The van der Waals surface area contributed by atoms with E-state index in [1.54, 1.807) is 0 Å². The lowest BCUT2D eigenvalue weighted by molar-refractivity contribution is -0.133. The lowest BCUT2D eigenvalue weighted by Gasteiger charge is -2.31. The van der Waals surface area contributed by atoms with Crippen LogP contribution in [-0.2, 0) is 9.53 Å². The van der Waals surface area contributed by atoms with Gasteiger partial charge in [-0.3, -0.25) is 9.69 Å². The number of hydrogen-bond donors (Lipinski definition) is 0. The van der Waals surface area contributed by atoms with Crippen LogP contribution in [0.25, 0.3) is 0 Å². The van der Waals surface area contributed by atoms with Gasteiger partial charge < -0.3 is 9.64 Å². The van der Waals surface area contributed by atoms with E-state index in [2.05, 4.69) is 11.0 Å². The van der Waals surface area contributed by atoms with Gasteiger partial charge in [-0.05, 0) is 37.0 Å². The van der Waals surface area contributed by atoms with Crippen LogP contribution in [0.4, 0.5) is 0 Å². The summed E-state index contributed by atoms with van der Waals surface area (Å²) in [6.45, 7) is 5.72. The molecule has 0 aromatic carbocycles. The molecule has 1 heterocycles. The highest BCUT2D eigenvalue weighted by Crippen LogP contribution is 2.49. The van der Waals surface area contributed by atoms with E-state index in [0.717, 1.165) is 51.2 Å². The topological polar surface area (TPSA) is 56.6 Å². The average molecular weight is 319 g/mol. The summed E-state index contributed by atoms with van der Waals surface area (Å²) in [5.74, 6) is 2.56. The van der Waals surface area contributed by atoms with Gasteiger partial charge in [-0.2, -0.15) is 5.26 Å². The van der Waals surface area contributed by atoms with Crippen LogP contribution >= 0.6 is 0 Å². The van der Waals surface area contributed by atoms with Crippen molar-refractivity contribution in [1.29, 1.82) is 5.26 Å². The molecule has 128 valence electrons. The summed E-state index contributed by atoms with van der Waals surface area (Å²) < 4.78 is 5.37. The fraction of sp³-hybridized carbons (Fsp3) is 0.889. The highest BCUT2D eigenvalue weighted by Gasteiger charge is 2.40. The molecule has 1 amide bonds. The Kier molecular flexibility index (Phi) is 5.91. The van der Waals surface area contributed by atoms with E-state index in [0.29, 0.717) is 25.3 Å². The summed E-state index contributed by atoms with van der Waals surface area (Å²) in [7, 11) is 0. The Bertz CT molecular complexity index is 442. The number of rotatable bonds is 7. The van der Waals surface area contributed by atoms with Gasteiger partial charge in [0.1, 0.15) is 0 Å². The summed E-state index contributed by atoms with van der Waals surface area (Å²) >= 11 is 0. The Labute approximate surface area is 139 Å². The predicted octanol–water partition coefficient (Wildman–Crippen LogP) is 1.89. The van der Waals surface area contributed by atoms with Gasteiger partial charge in [-0.1, -0.05) is 6.42 Å². The second-order valence-corrected chi connectivity index (χ2v) is 7.38.